The summed E-state index contributed by atoms with van der Waals surface area (Å²) in [6.07, 6.45) is 1.57. The van der Waals surface area contributed by atoms with Crippen molar-refractivity contribution in [1.82, 2.24) is 10.2 Å². The van der Waals surface area contributed by atoms with Gasteiger partial charge in [0.2, 0.25) is 0 Å². The first-order chi connectivity index (χ1) is 15.4. The molecule has 1 N–H and O–H groups in total. The Kier molecular flexibility index (Phi) is 6.37. The minimum absolute atomic E-state index is 0.0320. The van der Waals surface area contributed by atoms with Gasteiger partial charge in [0.05, 0.1) is 6.54 Å². The average Bonchev–Trinajstić information content (AvgIpc) is 3.02. The fraction of sp³-hybridized carbons (Fsp3) is 0.120. The topological polar surface area (TPSA) is 58.6 Å². The van der Waals surface area contributed by atoms with Crippen molar-refractivity contribution in [2.45, 2.75) is 20.1 Å². The summed E-state index contributed by atoms with van der Waals surface area (Å²) in [6.45, 7) is 2.17. The summed E-state index contributed by atoms with van der Waals surface area (Å²) >= 11 is 3.42. The standard InChI is InChI=1S/C25H20BrFN2O3/c1-16-5-4-6-17(11-16)14-29-24(30)22(28-25(29)31)13-19-12-20(26)9-10-23(19)32-15-18-7-2-3-8-21(18)27/h2-13H,14-15H2,1H3,(H,28,31)/b22-13+. The molecule has 0 unspecified atom stereocenters. The first-order valence-electron chi connectivity index (χ1n) is 9.96. The van der Waals surface area contributed by atoms with Crippen molar-refractivity contribution < 1.29 is 18.7 Å². The number of rotatable bonds is 6. The zero-order valence-corrected chi connectivity index (χ0v) is 18.9. The molecule has 4 rings (SSSR count). The molecule has 5 nitrogen and oxygen atoms in total. The maximum Gasteiger partial charge on any atom is 0.329 e. The number of nitrogens with one attached hydrogen (secondary N) is 1. The van der Waals surface area contributed by atoms with E-state index in [4.69, 9.17) is 4.74 Å². The lowest BCUT2D eigenvalue weighted by Crippen LogP contribution is -2.30. The van der Waals surface area contributed by atoms with E-state index in [1.807, 2.05) is 31.2 Å². The molecule has 1 saturated heterocycles. The molecule has 32 heavy (non-hydrogen) atoms. The number of carbonyl (C=O) groups excluding carboxylic acids is 2. The van der Waals surface area contributed by atoms with Crippen LogP contribution >= 0.6 is 15.9 Å². The highest BCUT2D eigenvalue weighted by atomic mass is 79.9. The number of imide groups is 1. The van der Waals surface area contributed by atoms with E-state index in [0.717, 1.165) is 15.6 Å². The molecule has 0 atom stereocenters. The van der Waals surface area contributed by atoms with Gasteiger partial charge < -0.3 is 10.1 Å². The van der Waals surface area contributed by atoms with Crippen LogP contribution in [0.1, 0.15) is 22.3 Å². The molecule has 0 aliphatic carbocycles. The van der Waals surface area contributed by atoms with Gasteiger partial charge in [-0.3, -0.25) is 9.69 Å². The van der Waals surface area contributed by atoms with Gasteiger partial charge in [-0.2, -0.15) is 0 Å². The summed E-state index contributed by atoms with van der Waals surface area (Å²) in [7, 11) is 0. The van der Waals surface area contributed by atoms with Crippen molar-refractivity contribution in [3.05, 3.63) is 105 Å². The van der Waals surface area contributed by atoms with Crippen molar-refractivity contribution in [2.75, 3.05) is 0 Å². The van der Waals surface area contributed by atoms with E-state index in [1.54, 1.807) is 42.5 Å². The van der Waals surface area contributed by atoms with Crippen molar-refractivity contribution in [1.29, 1.82) is 0 Å². The minimum Gasteiger partial charge on any atom is -0.488 e. The normalized spacial score (nSPS) is 14.7. The molecule has 1 heterocycles. The Morgan fingerprint density at radius 1 is 1.06 bits per heavy atom. The first kappa shape index (κ1) is 21.8. The van der Waals surface area contributed by atoms with Crippen LogP contribution in [0.2, 0.25) is 0 Å². The van der Waals surface area contributed by atoms with E-state index in [2.05, 4.69) is 21.2 Å². The average molecular weight is 495 g/mol. The van der Waals surface area contributed by atoms with Crippen LogP contribution in [-0.2, 0) is 17.9 Å². The van der Waals surface area contributed by atoms with Crippen LogP contribution in [0, 0.1) is 12.7 Å². The molecule has 3 aromatic carbocycles. The molecule has 0 spiro atoms. The maximum absolute atomic E-state index is 13.9. The Balaban J connectivity index is 1.56. The van der Waals surface area contributed by atoms with Crippen LogP contribution in [0.15, 0.2) is 76.9 Å². The van der Waals surface area contributed by atoms with E-state index in [0.29, 0.717) is 16.9 Å². The van der Waals surface area contributed by atoms with Gasteiger partial charge in [-0.05, 0) is 42.8 Å². The number of hydrogen-bond donors (Lipinski definition) is 1. The zero-order chi connectivity index (χ0) is 22.7. The molecule has 0 saturated carbocycles. The molecule has 1 aliphatic rings. The highest BCUT2D eigenvalue weighted by Crippen LogP contribution is 2.28. The van der Waals surface area contributed by atoms with Crippen LogP contribution < -0.4 is 10.1 Å². The van der Waals surface area contributed by atoms with Crippen LogP contribution in [0.5, 0.6) is 5.75 Å². The van der Waals surface area contributed by atoms with Gasteiger partial charge in [-0.25, -0.2) is 9.18 Å². The Morgan fingerprint density at radius 3 is 2.66 bits per heavy atom. The molecule has 0 radical (unpaired) electrons. The Bertz CT molecular complexity index is 1230. The Labute approximate surface area is 193 Å². The predicted molar refractivity (Wildman–Crippen MR) is 123 cm³/mol. The fourth-order valence-corrected chi connectivity index (χ4v) is 3.78. The summed E-state index contributed by atoms with van der Waals surface area (Å²) in [5.74, 6) is -0.311. The molecular weight excluding hydrogens is 475 g/mol. The molecule has 0 aromatic heterocycles. The van der Waals surface area contributed by atoms with Gasteiger partial charge >= 0.3 is 6.03 Å². The van der Waals surface area contributed by atoms with Crippen LogP contribution in [-0.4, -0.2) is 16.8 Å². The lowest BCUT2D eigenvalue weighted by molar-refractivity contribution is -0.123. The number of amides is 3. The number of nitrogens with zero attached hydrogens (tertiary/aromatic N) is 1. The van der Waals surface area contributed by atoms with Gasteiger partial charge in [0.15, 0.2) is 0 Å². The van der Waals surface area contributed by atoms with Crippen LogP contribution in [0.25, 0.3) is 6.08 Å². The third-order valence-electron chi connectivity index (χ3n) is 5.00. The van der Waals surface area contributed by atoms with Gasteiger partial charge in [0.25, 0.3) is 5.91 Å². The molecule has 3 aromatic rings. The van der Waals surface area contributed by atoms with Crippen molar-refractivity contribution >= 4 is 33.9 Å². The summed E-state index contributed by atoms with van der Waals surface area (Å²) in [4.78, 5) is 26.5. The van der Waals surface area contributed by atoms with E-state index < -0.39 is 11.9 Å². The third-order valence-corrected chi connectivity index (χ3v) is 5.49. The smallest absolute Gasteiger partial charge is 0.329 e. The highest BCUT2D eigenvalue weighted by Gasteiger charge is 2.33. The Hall–Kier alpha value is -3.45. The molecule has 7 heteroatoms. The minimum atomic E-state index is -0.480. The fourth-order valence-electron chi connectivity index (χ4n) is 3.40. The number of hydrogen-bond acceptors (Lipinski definition) is 3. The number of aryl methyl sites for hydroxylation is 1. The van der Waals surface area contributed by atoms with E-state index >= 15 is 0 Å². The first-order valence-corrected chi connectivity index (χ1v) is 10.8. The largest absolute Gasteiger partial charge is 0.488 e. The second-order valence-electron chi connectivity index (χ2n) is 7.43. The zero-order valence-electron chi connectivity index (χ0n) is 17.3. The van der Waals surface area contributed by atoms with Crippen LogP contribution in [0.3, 0.4) is 0 Å². The Morgan fingerprint density at radius 2 is 1.88 bits per heavy atom. The van der Waals surface area contributed by atoms with Crippen molar-refractivity contribution in [3.8, 4) is 5.75 Å². The van der Waals surface area contributed by atoms with E-state index in [9.17, 15) is 14.0 Å². The van der Waals surface area contributed by atoms with Crippen molar-refractivity contribution in [3.63, 3.8) is 0 Å². The SMILES string of the molecule is Cc1cccc(CN2C(=O)N/C(=C/c3cc(Br)ccc3OCc3ccccc3F)C2=O)c1. The summed E-state index contributed by atoms with van der Waals surface area (Å²) < 4.78 is 20.5. The number of urea groups is 1. The lowest BCUT2D eigenvalue weighted by Gasteiger charge is -2.12. The summed E-state index contributed by atoms with van der Waals surface area (Å²) in [5, 5.41) is 2.63. The quantitative estimate of drug-likeness (QED) is 0.360. The van der Waals surface area contributed by atoms with E-state index in [1.165, 1.54) is 11.0 Å². The summed E-state index contributed by atoms with van der Waals surface area (Å²) in [5.41, 5.74) is 3.07. The highest BCUT2D eigenvalue weighted by molar-refractivity contribution is 9.10. The maximum atomic E-state index is 13.9. The van der Waals surface area contributed by atoms with E-state index in [-0.39, 0.29) is 24.7 Å². The van der Waals surface area contributed by atoms with Crippen molar-refractivity contribution in [2.24, 2.45) is 0 Å². The monoisotopic (exact) mass is 494 g/mol. The molecular formula is C25H20BrFN2O3. The number of halogens is 2. The third kappa shape index (κ3) is 4.89. The number of carbonyl (C=O) groups is 2. The van der Waals surface area contributed by atoms with Gasteiger partial charge in [-0.15, -0.1) is 0 Å². The van der Waals surface area contributed by atoms with Gasteiger partial charge in [0, 0.05) is 15.6 Å². The number of benzene rings is 3. The molecule has 1 fully saturated rings. The molecule has 162 valence electrons. The molecule has 3 amide bonds. The second kappa shape index (κ2) is 9.36. The number of ether oxygens (including phenoxy) is 1. The molecule has 0 bridgehead atoms. The predicted octanol–water partition coefficient (Wildman–Crippen LogP) is 5.57. The van der Waals surface area contributed by atoms with Gasteiger partial charge in [-0.1, -0.05) is 64.0 Å². The van der Waals surface area contributed by atoms with Gasteiger partial charge in [0.1, 0.15) is 23.9 Å². The second-order valence-corrected chi connectivity index (χ2v) is 8.35. The molecule has 1 aliphatic heterocycles. The summed E-state index contributed by atoms with van der Waals surface area (Å²) in [6, 6.07) is 18.8. The van der Waals surface area contributed by atoms with Crippen LogP contribution in [0.4, 0.5) is 9.18 Å². The lowest BCUT2D eigenvalue weighted by atomic mass is 10.1.